The zero-order chi connectivity index (χ0) is 26.7. The predicted octanol–water partition coefficient (Wildman–Crippen LogP) is 7.32. The van der Waals surface area contributed by atoms with Crippen molar-refractivity contribution in [2.45, 2.75) is 62.9 Å². The lowest BCUT2D eigenvalue weighted by atomic mass is 9.94. The largest absolute Gasteiger partial charge is 0.352 e. The molecule has 1 atom stereocenters. The van der Waals surface area contributed by atoms with Crippen molar-refractivity contribution >= 4 is 46.8 Å². The highest BCUT2D eigenvalue weighted by Gasteiger charge is 2.31. The van der Waals surface area contributed by atoms with Crippen LogP contribution in [0, 0.1) is 0 Å². The van der Waals surface area contributed by atoms with Gasteiger partial charge in [0, 0.05) is 34.8 Å². The summed E-state index contributed by atoms with van der Waals surface area (Å²) in [6.45, 7) is 0.337. The van der Waals surface area contributed by atoms with Crippen LogP contribution < -0.4 is 5.32 Å². The van der Waals surface area contributed by atoms with Gasteiger partial charge in [0.15, 0.2) is 0 Å². The monoisotopic (exact) mass is 568 g/mol. The zero-order valence-electron chi connectivity index (χ0n) is 21.5. The molecule has 0 saturated heterocycles. The van der Waals surface area contributed by atoms with Crippen LogP contribution in [0.25, 0.3) is 0 Å². The summed E-state index contributed by atoms with van der Waals surface area (Å²) in [6.07, 6.45) is 5.90. The van der Waals surface area contributed by atoms with Gasteiger partial charge < -0.3 is 10.2 Å². The number of hydrogen-bond acceptors (Lipinski definition) is 3. The molecule has 1 unspecified atom stereocenters. The fourth-order valence-electron chi connectivity index (χ4n) is 4.85. The summed E-state index contributed by atoms with van der Waals surface area (Å²) in [4.78, 5) is 29.3. The Balaban J connectivity index is 1.56. The summed E-state index contributed by atoms with van der Waals surface area (Å²) in [5, 5.41) is 4.60. The maximum Gasteiger partial charge on any atom is 0.243 e. The molecule has 1 saturated carbocycles. The van der Waals surface area contributed by atoms with Crippen LogP contribution in [-0.4, -0.2) is 34.6 Å². The molecule has 0 bridgehead atoms. The van der Waals surface area contributed by atoms with Gasteiger partial charge in [0.1, 0.15) is 6.04 Å². The van der Waals surface area contributed by atoms with E-state index in [0.717, 1.165) is 42.4 Å². The number of nitrogens with one attached hydrogen (secondary N) is 1. The van der Waals surface area contributed by atoms with Crippen LogP contribution in [0.5, 0.6) is 0 Å². The minimum Gasteiger partial charge on any atom is -0.352 e. The highest BCUT2D eigenvalue weighted by atomic mass is 35.5. The van der Waals surface area contributed by atoms with Gasteiger partial charge in [0.2, 0.25) is 11.8 Å². The van der Waals surface area contributed by atoms with Gasteiger partial charge in [-0.3, -0.25) is 9.59 Å². The molecular weight excluding hydrogens is 535 g/mol. The van der Waals surface area contributed by atoms with Gasteiger partial charge in [-0.15, -0.1) is 11.8 Å². The van der Waals surface area contributed by atoms with Crippen molar-refractivity contribution < 1.29 is 9.59 Å². The summed E-state index contributed by atoms with van der Waals surface area (Å²) in [5.74, 6) is 0.787. The lowest BCUT2D eigenvalue weighted by Crippen LogP contribution is -2.53. The molecule has 2 amide bonds. The topological polar surface area (TPSA) is 49.4 Å². The van der Waals surface area contributed by atoms with E-state index in [9.17, 15) is 9.59 Å². The smallest absolute Gasteiger partial charge is 0.243 e. The van der Waals surface area contributed by atoms with Crippen molar-refractivity contribution in [3.8, 4) is 0 Å². The van der Waals surface area contributed by atoms with Gasteiger partial charge in [-0.1, -0.05) is 97.1 Å². The minimum atomic E-state index is -0.616. The van der Waals surface area contributed by atoms with E-state index in [1.165, 1.54) is 18.2 Å². The van der Waals surface area contributed by atoms with Crippen LogP contribution >= 0.6 is 35.0 Å². The Hall–Kier alpha value is -2.47. The number of amides is 2. The molecule has 4 nitrogen and oxygen atoms in total. The number of thioether (sulfide) groups is 1. The number of hydrogen-bond donors (Lipinski definition) is 1. The molecule has 1 aliphatic rings. The maximum atomic E-state index is 13.8. The average Bonchev–Trinajstić information content (AvgIpc) is 2.93. The number of benzene rings is 3. The number of carbonyl (C=O) groups is 2. The molecule has 0 spiro atoms. The molecule has 1 aliphatic carbocycles. The molecule has 0 aromatic heterocycles. The molecule has 0 aliphatic heterocycles. The van der Waals surface area contributed by atoms with Crippen molar-refractivity contribution in [2.75, 3.05) is 5.75 Å². The van der Waals surface area contributed by atoms with Gasteiger partial charge in [-0.2, -0.15) is 0 Å². The normalized spacial score (nSPS) is 14.6. The van der Waals surface area contributed by atoms with Crippen molar-refractivity contribution in [2.24, 2.45) is 0 Å². The molecule has 4 rings (SSSR count). The van der Waals surface area contributed by atoms with Crippen molar-refractivity contribution in [1.82, 2.24) is 10.2 Å². The second-order valence-electron chi connectivity index (χ2n) is 9.82. The molecule has 200 valence electrons. The van der Waals surface area contributed by atoms with Crippen LogP contribution in [0.15, 0.2) is 78.9 Å². The molecule has 38 heavy (non-hydrogen) atoms. The number of halogens is 2. The van der Waals surface area contributed by atoms with Crippen LogP contribution in [0.4, 0.5) is 0 Å². The lowest BCUT2D eigenvalue weighted by molar-refractivity contribution is -0.139. The third-order valence-electron chi connectivity index (χ3n) is 6.87. The summed E-state index contributed by atoms with van der Waals surface area (Å²) in [6, 6.07) is 24.6. The van der Waals surface area contributed by atoms with Gasteiger partial charge in [0.05, 0.1) is 5.75 Å². The third-order valence-corrected chi connectivity index (χ3v) is 8.35. The number of rotatable bonds is 11. The van der Waals surface area contributed by atoms with Crippen molar-refractivity contribution in [3.63, 3.8) is 0 Å². The molecule has 3 aromatic carbocycles. The summed E-state index contributed by atoms with van der Waals surface area (Å²) in [7, 11) is 0. The average molecular weight is 570 g/mol. The number of carbonyl (C=O) groups excluding carboxylic acids is 2. The van der Waals surface area contributed by atoms with E-state index in [4.69, 9.17) is 23.2 Å². The van der Waals surface area contributed by atoms with Crippen molar-refractivity contribution in [3.05, 3.63) is 106 Å². The minimum absolute atomic E-state index is 0.0632. The van der Waals surface area contributed by atoms with Crippen LogP contribution in [0.1, 0.15) is 48.8 Å². The Bertz CT molecular complexity index is 1180. The Morgan fingerprint density at radius 1 is 0.842 bits per heavy atom. The van der Waals surface area contributed by atoms with E-state index in [-0.39, 0.29) is 23.6 Å². The molecule has 7 heteroatoms. The maximum absolute atomic E-state index is 13.8. The van der Waals surface area contributed by atoms with Gasteiger partial charge in [-0.25, -0.2) is 0 Å². The Labute approximate surface area is 240 Å². The molecule has 0 radical (unpaired) electrons. The SMILES string of the molecule is O=C(NC1CCCCC1)C(Cc1ccccc1)N(Cc1ccc(Cl)cc1)C(=O)CSCc1cccc(Cl)c1. The Morgan fingerprint density at radius 3 is 2.26 bits per heavy atom. The van der Waals surface area contributed by atoms with E-state index in [0.29, 0.717) is 28.8 Å². The highest BCUT2D eigenvalue weighted by Crippen LogP contribution is 2.22. The van der Waals surface area contributed by atoms with Gasteiger partial charge >= 0.3 is 0 Å². The first-order valence-electron chi connectivity index (χ1n) is 13.2. The van der Waals surface area contributed by atoms with E-state index >= 15 is 0 Å². The van der Waals surface area contributed by atoms with Gasteiger partial charge in [-0.05, 0) is 53.8 Å². The van der Waals surface area contributed by atoms with E-state index in [2.05, 4.69) is 5.32 Å². The fourth-order valence-corrected chi connectivity index (χ4v) is 6.05. The Kier molecular flexibility index (Phi) is 11.0. The molecule has 3 aromatic rings. The second-order valence-corrected chi connectivity index (χ2v) is 11.7. The fraction of sp³-hybridized carbons (Fsp3) is 0.355. The van der Waals surface area contributed by atoms with E-state index in [1.807, 2.05) is 78.9 Å². The molecule has 1 fully saturated rings. The van der Waals surface area contributed by atoms with Crippen LogP contribution in [0.2, 0.25) is 10.0 Å². The Morgan fingerprint density at radius 2 is 1.55 bits per heavy atom. The van der Waals surface area contributed by atoms with E-state index in [1.54, 1.807) is 4.90 Å². The van der Waals surface area contributed by atoms with Crippen LogP contribution in [-0.2, 0) is 28.3 Å². The van der Waals surface area contributed by atoms with E-state index < -0.39 is 6.04 Å². The second kappa shape index (κ2) is 14.6. The van der Waals surface area contributed by atoms with Crippen LogP contribution in [0.3, 0.4) is 0 Å². The standard InChI is InChI=1S/C31H34Cl2N2O2S/c32-26-16-14-24(15-17-26)20-35(30(36)22-38-21-25-10-7-11-27(33)18-25)29(19-23-8-3-1-4-9-23)31(37)34-28-12-5-2-6-13-28/h1,3-4,7-11,14-18,28-29H,2,5-6,12-13,19-22H2,(H,34,37). The quantitative estimate of drug-likeness (QED) is 0.263. The number of nitrogens with zero attached hydrogens (tertiary/aromatic N) is 1. The highest BCUT2D eigenvalue weighted by molar-refractivity contribution is 7.99. The summed E-state index contributed by atoms with van der Waals surface area (Å²) in [5.41, 5.74) is 3.03. The van der Waals surface area contributed by atoms with Gasteiger partial charge in [0.25, 0.3) is 0 Å². The van der Waals surface area contributed by atoms with Crippen molar-refractivity contribution in [1.29, 1.82) is 0 Å². The first kappa shape index (κ1) is 28.5. The lowest BCUT2D eigenvalue weighted by Gasteiger charge is -2.33. The predicted molar refractivity (Wildman–Crippen MR) is 159 cm³/mol. The first-order chi connectivity index (χ1) is 18.5. The summed E-state index contributed by atoms with van der Waals surface area (Å²) < 4.78 is 0. The third kappa shape index (κ3) is 8.79. The molecule has 1 N–H and O–H groups in total. The molecule has 0 heterocycles. The summed E-state index contributed by atoms with van der Waals surface area (Å²) >= 11 is 13.8. The molecular formula is C31H34Cl2N2O2S. The first-order valence-corrected chi connectivity index (χ1v) is 15.1. The zero-order valence-corrected chi connectivity index (χ0v) is 23.8.